The normalized spacial score (nSPS) is 10.7. The molecule has 20 heavy (non-hydrogen) atoms. The summed E-state index contributed by atoms with van der Waals surface area (Å²) in [4.78, 5) is 21.9. The minimum atomic E-state index is -0.494. The minimum absolute atomic E-state index is 0.0292. The number of halogens is 1. The van der Waals surface area contributed by atoms with Crippen molar-refractivity contribution in [2.75, 3.05) is 0 Å². The zero-order chi connectivity index (χ0) is 14.5. The Balaban J connectivity index is 2.11. The number of carbonyl (C=O) groups excluding carboxylic acids is 1. The number of allylic oxidation sites excluding steroid dienone is 1. The van der Waals surface area contributed by atoms with Crippen molar-refractivity contribution in [1.29, 1.82) is 0 Å². The number of nitrogens with zero attached hydrogens (tertiary/aromatic N) is 1. The van der Waals surface area contributed by atoms with Gasteiger partial charge >= 0.3 is 0 Å². The van der Waals surface area contributed by atoms with Crippen molar-refractivity contribution in [2.45, 2.75) is 0 Å². The van der Waals surface area contributed by atoms with Crippen LogP contribution < -0.4 is 0 Å². The topological polar surface area (TPSA) is 60.2 Å². The Morgan fingerprint density at radius 1 is 1.05 bits per heavy atom. The lowest BCUT2D eigenvalue weighted by atomic mass is 10.1. The molecule has 2 aromatic rings. The van der Waals surface area contributed by atoms with Crippen molar-refractivity contribution in [2.24, 2.45) is 0 Å². The van der Waals surface area contributed by atoms with Crippen LogP contribution in [0.4, 0.5) is 5.69 Å². The lowest BCUT2D eigenvalue weighted by Gasteiger charge is -1.96. The highest BCUT2D eigenvalue weighted by molar-refractivity contribution is 9.10. The Morgan fingerprint density at radius 2 is 1.65 bits per heavy atom. The van der Waals surface area contributed by atoms with E-state index in [1.165, 1.54) is 30.3 Å². The summed E-state index contributed by atoms with van der Waals surface area (Å²) in [6.07, 6.45) is 3.15. The second-order valence-electron chi connectivity index (χ2n) is 4.05. The molecule has 0 aliphatic carbocycles. The number of hydrogen-bond acceptors (Lipinski definition) is 3. The standard InChI is InChI=1S/C15H10BrNO3/c16-13-6-1-11(2-7-13)3-10-15(18)12-4-8-14(9-5-12)17(19)20/h1-10H/b10-3+. The summed E-state index contributed by atoms with van der Waals surface area (Å²) in [5.74, 6) is -0.192. The molecule has 0 saturated heterocycles. The molecule has 0 heterocycles. The molecule has 0 atom stereocenters. The second-order valence-corrected chi connectivity index (χ2v) is 4.97. The molecular weight excluding hydrogens is 322 g/mol. The van der Waals surface area contributed by atoms with Gasteiger partial charge in [-0.15, -0.1) is 0 Å². The fourth-order valence-corrected chi connectivity index (χ4v) is 1.85. The van der Waals surface area contributed by atoms with Gasteiger partial charge in [0.2, 0.25) is 0 Å². The van der Waals surface area contributed by atoms with Gasteiger partial charge in [0.15, 0.2) is 5.78 Å². The number of nitro groups is 1. The molecule has 0 amide bonds. The maximum atomic E-state index is 11.9. The van der Waals surface area contributed by atoms with Crippen LogP contribution in [0.2, 0.25) is 0 Å². The van der Waals surface area contributed by atoms with E-state index in [0.29, 0.717) is 5.56 Å². The van der Waals surface area contributed by atoms with Crippen LogP contribution in [0.5, 0.6) is 0 Å². The van der Waals surface area contributed by atoms with E-state index in [2.05, 4.69) is 15.9 Å². The molecular formula is C15H10BrNO3. The number of non-ortho nitro benzene ring substituents is 1. The van der Waals surface area contributed by atoms with Gasteiger partial charge in [-0.05, 0) is 35.9 Å². The minimum Gasteiger partial charge on any atom is -0.289 e. The van der Waals surface area contributed by atoms with Crippen molar-refractivity contribution in [3.05, 3.63) is 80.3 Å². The van der Waals surface area contributed by atoms with Crippen molar-refractivity contribution in [3.63, 3.8) is 0 Å². The smallest absolute Gasteiger partial charge is 0.269 e. The van der Waals surface area contributed by atoms with E-state index >= 15 is 0 Å². The van der Waals surface area contributed by atoms with Gasteiger partial charge in [-0.3, -0.25) is 14.9 Å². The van der Waals surface area contributed by atoms with Gasteiger partial charge in [-0.25, -0.2) is 0 Å². The van der Waals surface area contributed by atoms with Gasteiger partial charge in [0.1, 0.15) is 0 Å². The number of nitro benzene ring substituents is 1. The Bertz CT molecular complexity index is 661. The lowest BCUT2D eigenvalue weighted by molar-refractivity contribution is -0.384. The number of rotatable bonds is 4. The third kappa shape index (κ3) is 3.61. The van der Waals surface area contributed by atoms with E-state index in [0.717, 1.165) is 10.0 Å². The fourth-order valence-electron chi connectivity index (χ4n) is 1.59. The molecule has 0 saturated carbocycles. The largest absolute Gasteiger partial charge is 0.289 e. The molecule has 2 aromatic carbocycles. The van der Waals surface area contributed by atoms with Crippen molar-refractivity contribution < 1.29 is 9.72 Å². The molecule has 0 spiro atoms. The number of benzene rings is 2. The summed E-state index contributed by atoms with van der Waals surface area (Å²) in [7, 11) is 0. The van der Waals surface area contributed by atoms with Crippen molar-refractivity contribution >= 4 is 33.5 Å². The summed E-state index contributed by atoms with van der Waals surface area (Å²) in [5, 5.41) is 10.5. The van der Waals surface area contributed by atoms with E-state index in [1.54, 1.807) is 6.08 Å². The molecule has 100 valence electrons. The highest BCUT2D eigenvalue weighted by Gasteiger charge is 2.07. The second kappa shape index (κ2) is 6.25. The summed E-state index contributed by atoms with van der Waals surface area (Å²) in [6.45, 7) is 0. The van der Waals surface area contributed by atoms with Crippen molar-refractivity contribution in [3.8, 4) is 0 Å². The van der Waals surface area contributed by atoms with E-state index in [-0.39, 0.29) is 11.5 Å². The molecule has 2 rings (SSSR count). The first-order valence-electron chi connectivity index (χ1n) is 5.79. The first kappa shape index (κ1) is 14.1. The van der Waals surface area contributed by atoms with E-state index in [1.807, 2.05) is 24.3 Å². The number of ketones is 1. The van der Waals surface area contributed by atoms with Crippen LogP contribution in [0.25, 0.3) is 6.08 Å². The molecule has 4 nitrogen and oxygen atoms in total. The average Bonchev–Trinajstić information content (AvgIpc) is 2.46. The van der Waals surface area contributed by atoms with Crippen molar-refractivity contribution in [1.82, 2.24) is 0 Å². The Kier molecular flexibility index (Phi) is 4.42. The van der Waals surface area contributed by atoms with E-state index < -0.39 is 4.92 Å². The van der Waals surface area contributed by atoms with Crippen LogP contribution >= 0.6 is 15.9 Å². The molecule has 0 aliphatic heterocycles. The molecule has 0 N–H and O–H groups in total. The zero-order valence-electron chi connectivity index (χ0n) is 10.3. The van der Waals surface area contributed by atoms with Gasteiger partial charge in [0.05, 0.1) is 4.92 Å². The maximum absolute atomic E-state index is 11.9. The predicted octanol–water partition coefficient (Wildman–Crippen LogP) is 4.25. The summed E-state index contributed by atoms with van der Waals surface area (Å²) < 4.78 is 0.969. The van der Waals surface area contributed by atoms with Crippen LogP contribution in [-0.2, 0) is 0 Å². The Labute approximate surface area is 124 Å². The van der Waals surface area contributed by atoms with E-state index in [4.69, 9.17) is 0 Å². The molecule has 0 fully saturated rings. The monoisotopic (exact) mass is 331 g/mol. The number of carbonyl (C=O) groups is 1. The van der Waals surface area contributed by atoms with Gasteiger partial charge in [-0.2, -0.15) is 0 Å². The van der Waals surface area contributed by atoms with Crippen LogP contribution in [0.1, 0.15) is 15.9 Å². The Hall–Kier alpha value is -2.27. The van der Waals surface area contributed by atoms with Gasteiger partial charge in [0, 0.05) is 22.2 Å². The molecule has 5 heteroatoms. The van der Waals surface area contributed by atoms with E-state index in [9.17, 15) is 14.9 Å². The summed E-state index contributed by atoms with van der Waals surface area (Å²) >= 11 is 3.33. The lowest BCUT2D eigenvalue weighted by Crippen LogP contribution is -1.95. The van der Waals surface area contributed by atoms with Gasteiger partial charge in [-0.1, -0.05) is 34.1 Å². The third-order valence-electron chi connectivity index (χ3n) is 2.66. The zero-order valence-corrected chi connectivity index (χ0v) is 11.9. The highest BCUT2D eigenvalue weighted by Crippen LogP contribution is 2.14. The molecule has 0 aromatic heterocycles. The Morgan fingerprint density at radius 3 is 2.20 bits per heavy atom. The first-order chi connectivity index (χ1) is 9.56. The molecule has 0 unspecified atom stereocenters. The number of hydrogen-bond donors (Lipinski definition) is 0. The quantitative estimate of drug-likeness (QED) is 0.364. The highest BCUT2D eigenvalue weighted by atomic mass is 79.9. The average molecular weight is 332 g/mol. The van der Waals surface area contributed by atoms with Crippen LogP contribution in [0, 0.1) is 10.1 Å². The van der Waals surface area contributed by atoms with Crippen LogP contribution in [0.15, 0.2) is 59.1 Å². The van der Waals surface area contributed by atoms with Gasteiger partial charge in [0.25, 0.3) is 5.69 Å². The van der Waals surface area contributed by atoms with Gasteiger partial charge < -0.3 is 0 Å². The summed E-state index contributed by atoms with van der Waals surface area (Å²) in [5.41, 5.74) is 1.30. The SMILES string of the molecule is O=C(/C=C/c1ccc(Br)cc1)c1ccc([N+](=O)[O-])cc1. The van der Waals surface area contributed by atoms with Crippen LogP contribution in [-0.4, -0.2) is 10.7 Å². The summed E-state index contributed by atoms with van der Waals surface area (Å²) in [6, 6.07) is 13.1. The van der Waals surface area contributed by atoms with Crippen LogP contribution in [0.3, 0.4) is 0 Å². The third-order valence-corrected chi connectivity index (χ3v) is 3.19. The maximum Gasteiger partial charge on any atom is 0.269 e. The molecule has 0 aliphatic rings. The fraction of sp³-hybridized carbons (Fsp3) is 0. The molecule has 0 bridgehead atoms. The first-order valence-corrected chi connectivity index (χ1v) is 6.58. The predicted molar refractivity (Wildman–Crippen MR) is 80.6 cm³/mol. The molecule has 0 radical (unpaired) electrons.